The van der Waals surface area contributed by atoms with E-state index in [0.717, 1.165) is 0 Å². The van der Waals surface area contributed by atoms with Gasteiger partial charge in [0.2, 0.25) is 23.6 Å². The van der Waals surface area contributed by atoms with Crippen molar-refractivity contribution in [1.82, 2.24) is 10.6 Å². The number of nitrogens with two attached hydrogens (primary N) is 3. The van der Waals surface area contributed by atoms with E-state index in [9.17, 15) is 29.4 Å². The highest BCUT2D eigenvalue weighted by atomic mass is 16.3. The summed E-state index contributed by atoms with van der Waals surface area (Å²) in [4.78, 5) is 47.0. The first-order chi connectivity index (χ1) is 13.0. The van der Waals surface area contributed by atoms with E-state index in [1.165, 1.54) is 19.1 Å². The lowest BCUT2D eigenvalue weighted by atomic mass is 10.0. The summed E-state index contributed by atoms with van der Waals surface area (Å²) in [6.07, 6.45) is -1.74. The van der Waals surface area contributed by atoms with Gasteiger partial charge in [-0.05, 0) is 24.6 Å². The number of benzene rings is 1. The van der Waals surface area contributed by atoms with Gasteiger partial charge in [0, 0.05) is 6.42 Å². The third-order valence-electron chi connectivity index (χ3n) is 3.86. The average Bonchev–Trinajstić information content (AvgIpc) is 2.59. The van der Waals surface area contributed by atoms with Crippen LogP contribution < -0.4 is 27.8 Å². The van der Waals surface area contributed by atoms with Crippen LogP contribution in [0.4, 0.5) is 0 Å². The topological polar surface area (TPSA) is 211 Å². The fourth-order valence-corrected chi connectivity index (χ4v) is 2.33. The van der Waals surface area contributed by atoms with Crippen LogP contribution in [0.5, 0.6) is 5.75 Å². The van der Waals surface area contributed by atoms with Crippen molar-refractivity contribution in [1.29, 1.82) is 0 Å². The number of aromatic hydroxyl groups is 1. The molecule has 0 aliphatic carbocycles. The van der Waals surface area contributed by atoms with Gasteiger partial charge in [-0.2, -0.15) is 0 Å². The molecule has 2 unspecified atom stereocenters. The zero-order valence-corrected chi connectivity index (χ0v) is 15.3. The van der Waals surface area contributed by atoms with E-state index in [-0.39, 0.29) is 12.2 Å². The molecule has 0 aliphatic rings. The Hall–Kier alpha value is -3.18. The molecule has 4 amide bonds. The standard InChI is InChI=1S/C17H25N5O6/c1-8(23)14(22-16(27)11(18)7-13(19)25)17(28)21-12(15(20)26)6-9-2-4-10(24)5-3-9/h2-5,8,11-12,14,23-24H,6-7,18H2,1H3,(H2,19,25)(H2,20,26)(H,21,28)(H,22,27)/t8?,11?,12-,14-/m0/s1. The van der Waals surface area contributed by atoms with Crippen LogP contribution in [0.2, 0.25) is 0 Å². The number of hydrogen-bond donors (Lipinski definition) is 7. The molecule has 0 fully saturated rings. The number of rotatable bonds is 10. The van der Waals surface area contributed by atoms with E-state index < -0.39 is 54.3 Å². The number of hydrogen-bond acceptors (Lipinski definition) is 7. The highest BCUT2D eigenvalue weighted by Gasteiger charge is 2.30. The number of amides is 4. The lowest BCUT2D eigenvalue weighted by molar-refractivity contribution is -0.134. The quantitative estimate of drug-likeness (QED) is 0.217. The summed E-state index contributed by atoms with van der Waals surface area (Å²) >= 11 is 0. The number of primary amides is 2. The molecule has 11 nitrogen and oxygen atoms in total. The smallest absolute Gasteiger partial charge is 0.245 e. The van der Waals surface area contributed by atoms with Gasteiger partial charge in [-0.3, -0.25) is 19.2 Å². The second-order valence-electron chi connectivity index (χ2n) is 6.34. The van der Waals surface area contributed by atoms with Crippen molar-refractivity contribution in [2.24, 2.45) is 17.2 Å². The largest absolute Gasteiger partial charge is 0.508 e. The first kappa shape index (κ1) is 22.9. The summed E-state index contributed by atoms with van der Waals surface area (Å²) in [5, 5.41) is 23.7. The van der Waals surface area contributed by atoms with Gasteiger partial charge >= 0.3 is 0 Å². The fourth-order valence-electron chi connectivity index (χ4n) is 2.33. The number of nitrogens with one attached hydrogen (secondary N) is 2. The molecule has 0 saturated heterocycles. The Bertz CT molecular complexity index is 721. The van der Waals surface area contributed by atoms with Crippen molar-refractivity contribution in [3.8, 4) is 5.75 Å². The summed E-state index contributed by atoms with van der Waals surface area (Å²) in [7, 11) is 0. The molecule has 0 saturated carbocycles. The van der Waals surface area contributed by atoms with Crippen molar-refractivity contribution >= 4 is 23.6 Å². The first-order valence-corrected chi connectivity index (χ1v) is 8.41. The van der Waals surface area contributed by atoms with Crippen molar-refractivity contribution in [3.05, 3.63) is 29.8 Å². The summed E-state index contributed by atoms with van der Waals surface area (Å²) in [5.41, 5.74) is 16.4. The molecule has 0 aliphatic heterocycles. The van der Waals surface area contributed by atoms with E-state index >= 15 is 0 Å². The van der Waals surface area contributed by atoms with Crippen molar-refractivity contribution in [3.63, 3.8) is 0 Å². The predicted molar refractivity (Wildman–Crippen MR) is 98.3 cm³/mol. The summed E-state index contributed by atoms with van der Waals surface area (Å²) < 4.78 is 0. The maximum absolute atomic E-state index is 12.5. The molecule has 1 aromatic carbocycles. The molecule has 0 aromatic heterocycles. The van der Waals surface area contributed by atoms with Gasteiger partial charge in [0.05, 0.1) is 18.6 Å². The van der Waals surface area contributed by atoms with E-state index in [0.29, 0.717) is 5.56 Å². The zero-order chi connectivity index (χ0) is 21.4. The molecule has 4 atom stereocenters. The van der Waals surface area contributed by atoms with Crippen molar-refractivity contribution in [2.75, 3.05) is 0 Å². The molecular weight excluding hydrogens is 370 g/mol. The fraction of sp³-hybridized carbons (Fsp3) is 0.412. The van der Waals surface area contributed by atoms with Gasteiger partial charge in [-0.1, -0.05) is 12.1 Å². The maximum atomic E-state index is 12.5. The predicted octanol–water partition coefficient (Wildman–Crippen LogP) is -3.03. The Morgan fingerprint density at radius 2 is 1.61 bits per heavy atom. The average molecular weight is 395 g/mol. The minimum Gasteiger partial charge on any atom is -0.508 e. The summed E-state index contributed by atoms with van der Waals surface area (Å²) in [5.74, 6) is -3.33. The highest BCUT2D eigenvalue weighted by Crippen LogP contribution is 2.11. The summed E-state index contributed by atoms with van der Waals surface area (Å²) in [6, 6.07) is 2.06. The Kier molecular flexibility index (Phi) is 8.35. The van der Waals surface area contributed by atoms with Crippen LogP contribution in [-0.2, 0) is 25.6 Å². The number of phenols is 1. The SMILES string of the molecule is CC(O)[C@H](NC(=O)C(N)CC(N)=O)C(=O)N[C@@H](Cc1ccc(O)cc1)C(N)=O. The minimum atomic E-state index is -1.44. The van der Waals surface area contributed by atoms with Gasteiger partial charge in [0.15, 0.2) is 0 Å². The minimum absolute atomic E-state index is 0.0308. The lowest BCUT2D eigenvalue weighted by Gasteiger charge is -2.24. The van der Waals surface area contributed by atoms with Crippen LogP contribution in [0.25, 0.3) is 0 Å². The van der Waals surface area contributed by atoms with E-state index in [2.05, 4.69) is 10.6 Å². The summed E-state index contributed by atoms with van der Waals surface area (Å²) in [6.45, 7) is 1.25. The Morgan fingerprint density at radius 3 is 2.07 bits per heavy atom. The van der Waals surface area contributed by atoms with E-state index in [1.807, 2.05) is 0 Å². The van der Waals surface area contributed by atoms with Crippen LogP contribution in [0.15, 0.2) is 24.3 Å². The van der Waals surface area contributed by atoms with Gasteiger partial charge in [0.1, 0.15) is 17.8 Å². The lowest BCUT2D eigenvalue weighted by Crippen LogP contribution is -2.59. The molecule has 1 rings (SSSR count). The molecule has 11 heteroatoms. The molecule has 0 spiro atoms. The molecule has 1 aromatic rings. The first-order valence-electron chi connectivity index (χ1n) is 8.41. The molecule has 10 N–H and O–H groups in total. The zero-order valence-electron chi connectivity index (χ0n) is 15.3. The normalized spacial score (nSPS) is 15.0. The van der Waals surface area contributed by atoms with E-state index in [1.54, 1.807) is 12.1 Å². The molecule has 154 valence electrons. The van der Waals surface area contributed by atoms with Crippen LogP contribution >= 0.6 is 0 Å². The maximum Gasteiger partial charge on any atom is 0.245 e. The number of carbonyl (C=O) groups is 4. The van der Waals surface area contributed by atoms with Gasteiger partial charge in [0.25, 0.3) is 0 Å². The molecule has 0 radical (unpaired) electrons. The molecule has 0 heterocycles. The van der Waals surface area contributed by atoms with Crippen LogP contribution in [0.3, 0.4) is 0 Å². The van der Waals surface area contributed by atoms with Crippen molar-refractivity contribution in [2.45, 2.75) is 44.0 Å². The van der Waals surface area contributed by atoms with Crippen LogP contribution in [0.1, 0.15) is 18.9 Å². The third-order valence-corrected chi connectivity index (χ3v) is 3.86. The number of aliphatic hydroxyl groups excluding tert-OH is 1. The molecular formula is C17H25N5O6. The van der Waals surface area contributed by atoms with Gasteiger partial charge in [-0.25, -0.2) is 0 Å². The number of carbonyl (C=O) groups excluding carboxylic acids is 4. The van der Waals surface area contributed by atoms with Gasteiger partial charge in [-0.15, -0.1) is 0 Å². The Labute approximate surface area is 161 Å². The van der Waals surface area contributed by atoms with E-state index in [4.69, 9.17) is 17.2 Å². The number of phenolic OH excluding ortho intramolecular Hbond substituents is 1. The molecule has 0 bridgehead atoms. The second-order valence-corrected chi connectivity index (χ2v) is 6.34. The monoisotopic (exact) mass is 395 g/mol. The Balaban J connectivity index is 2.83. The molecule has 28 heavy (non-hydrogen) atoms. The van der Waals surface area contributed by atoms with Gasteiger partial charge < -0.3 is 38.0 Å². The third kappa shape index (κ3) is 7.21. The van der Waals surface area contributed by atoms with Crippen LogP contribution in [0, 0.1) is 0 Å². The highest BCUT2D eigenvalue weighted by molar-refractivity contribution is 5.94. The van der Waals surface area contributed by atoms with Crippen LogP contribution in [-0.4, -0.2) is 58.1 Å². The number of aliphatic hydroxyl groups is 1. The second kappa shape index (κ2) is 10.2. The Morgan fingerprint density at radius 1 is 1.04 bits per heavy atom. The van der Waals surface area contributed by atoms with Crippen molar-refractivity contribution < 1.29 is 29.4 Å².